The summed E-state index contributed by atoms with van der Waals surface area (Å²) in [6.45, 7) is 7.05. The highest BCUT2D eigenvalue weighted by Gasteiger charge is 2.04. The Labute approximate surface area is 85.4 Å². The zero-order valence-corrected chi connectivity index (χ0v) is 8.50. The van der Waals surface area contributed by atoms with E-state index in [9.17, 15) is 0 Å². The van der Waals surface area contributed by atoms with Crippen molar-refractivity contribution in [3.63, 3.8) is 0 Å². The Balaban J connectivity index is 3.33. The maximum atomic E-state index is 8.67. The molecule has 0 aromatic heterocycles. The molecule has 0 aliphatic carbocycles. The molecular formula is C10H7BrN2. The minimum Gasteiger partial charge on any atom is -0.264 e. The molecule has 2 nitrogen and oxygen atoms in total. The number of hydrogen-bond acceptors (Lipinski definition) is 2. The predicted molar refractivity (Wildman–Crippen MR) is 58.0 cm³/mol. The van der Waals surface area contributed by atoms with E-state index in [0.29, 0.717) is 16.8 Å². The maximum absolute atomic E-state index is 8.67. The van der Waals surface area contributed by atoms with Crippen LogP contribution in [-0.2, 0) is 0 Å². The topological polar surface area (TPSA) is 36.1 Å². The Morgan fingerprint density at radius 2 is 2.23 bits per heavy atom. The van der Waals surface area contributed by atoms with Crippen molar-refractivity contribution < 1.29 is 0 Å². The molecule has 0 saturated heterocycles. The van der Waals surface area contributed by atoms with E-state index in [-0.39, 0.29) is 0 Å². The van der Waals surface area contributed by atoms with E-state index in [1.54, 1.807) is 12.1 Å². The summed E-state index contributed by atoms with van der Waals surface area (Å²) in [6.07, 6.45) is 0. The zero-order chi connectivity index (χ0) is 9.84. The third-order valence-corrected chi connectivity index (χ3v) is 2.08. The number of benzene rings is 1. The summed E-state index contributed by atoms with van der Waals surface area (Å²) in [6, 6.07) is 7.41. The molecule has 0 aliphatic rings. The second-order valence-electron chi connectivity index (χ2n) is 2.41. The summed E-state index contributed by atoms with van der Waals surface area (Å²) in [5.41, 5.74) is 1.78. The van der Waals surface area contributed by atoms with Gasteiger partial charge in [0.25, 0.3) is 0 Å². The van der Waals surface area contributed by atoms with Crippen molar-refractivity contribution in [2.24, 2.45) is 4.99 Å². The van der Waals surface area contributed by atoms with Gasteiger partial charge in [-0.1, -0.05) is 22.5 Å². The molecule has 0 fully saturated rings. The van der Waals surface area contributed by atoms with E-state index >= 15 is 0 Å². The smallest absolute Gasteiger partial charge is 0.0992 e. The van der Waals surface area contributed by atoms with Crippen LogP contribution in [0.4, 0.5) is 5.69 Å². The lowest BCUT2D eigenvalue weighted by molar-refractivity contribution is 1.47. The average Bonchev–Trinajstić information content (AvgIpc) is 2.16. The third kappa shape index (κ3) is 2.04. The quantitative estimate of drug-likeness (QED) is 0.572. The van der Waals surface area contributed by atoms with Crippen LogP contribution in [0.3, 0.4) is 0 Å². The van der Waals surface area contributed by atoms with Gasteiger partial charge < -0.3 is 0 Å². The minimum atomic E-state index is 0.392. The predicted octanol–water partition coefficient (Wildman–Crippen LogP) is 3.32. The molecule has 0 bridgehead atoms. The van der Waals surface area contributed by atoms with Gasteiger partial charge in [-0.2, -0.15) is 5.26 Å². The molecule has 0 N–H and O–H groups in total. The lowest BCUT2D eigenvalue weighted by Crippen LogP contribution is -1.80. The standard InChI is InChI=1S/C10H7BrN2/c1-7(6-12)9-5-8(11)3-4-10(9)13-2/h3-5H,1-2H2. The van der Waals surface area contributed by atoms with Gasteiger partial charge in [0.1, 0.15) is 0 Å². The number of hydrogen-bond donors (Lipinski definition) is 0. The summed E-state index contributed by atoms with van der Waals surface area (Å²) in [4.78, 5) is 3.80. The molecule has 0 saturated carbocycles. The second kappa shape index (κ2) is 4.01. The van der Waals surface area contributed by atoms with Crippen molar-refractivity contribution in [1.82, 2.24) is 0 Å². The summed E-state index contributed by atoms with van der Waals surface area (Å²) in [5, 5.41) is 8.67. The van der Waals surface area contributed by atoms with Gasteiger partial charge in [-0.05, 0) is 24.9 Å². The average molecular weight is 235 g/mol. The fraction of sp³-hybridized carbons (Fsp3) is 0. The van der Waals surface area contributed by atoms with Crippen molar-refractivity contribution in [2.45, 2.75) is 0 Å². The fourth-order valence-electron chi connectivity index (χ4n) is 0.948. The Hall–Kier alpha value is -1.40. The number of nitriles is 1. The molecule has 1 aromatic carbocycles. The van der Waals surface area contributed by atoms with Crippen LogP contribution in [0.1, 0.15) is 5.56 Å². The number of rotatable bonds is 2. The molecule has 0 spiro atoms. The largest absolute Gasteiger partial charge is 0.264 e. The van der Waals surface area contributed by atoms with Crippen LogP contribution >= 0.6 is 15.9 Å². The van der Waals surface area contributed by atoms with Crippen molar-refractivity contribution in [3.05, 3.63) is 34.8 Å². The van der Waals surface area contributed by atoms with Crippen LogP contribution in [-0.4, -0.2) is 6.72 Å². The summed E-state index contributed by atoms with van der Waals surface area (Å²) in [7, 11) is 0. The Kier molecular flexibility index (Phi) is 2.99. The monoisotopic (exact) mass is 234 g/mol. The van der Waals surface area contributed by atoms with Crippen LogP contribution in [0.2, 0.25) is 0 Å². The van der Waals surface area contributed by atoms with E-state index < -0.39 is 0 Å². The molecule has 0 amide bonds. The van der Waals surface area contributed by atoms with E-state index in [2.05, 4.69) is 34.2 Å². The zero-order valence-electron chi connectivity index (χ0n) is 6.92. The van der Waals surface area contributed by atoms with Crippen molar-refractivity contribution >= 4 is 33.9 Å². The van der Waals surface area contributed by atoms with E-state index in [1.807, 2.05) is 12.1 Å². The molecule has 1 rings (SSSR count). The number of allylic oxidation sites excluding steroid dienone is 1. The van der Waals surface area contributed by atoms with Crippen LogP contribution in [0, 0.1) is 11.3 Å². The highest BCUT2D eigenvalue weighted by atomic mass is 79.9. The van der Waals surface area contributed by atoms with E-state index in [0.717, 1.165) is 4.47 Å². The first-order valence-electron chi connectivity index (χ1n) is 3.54. The summed E-state index contributed by atoms with van der Waals surface area (Å²) >= 11 is 3.31. The van der Waals surface area contributed by atoms with Crippen molar-refractivity contribution in [2.75, 3.05) is 0 Å². The Morgan fingerprint density at radius 1 is 1.54 bits per heavy atom. The van der Waals surface area contributed by atoms with Gasteiger partial charge in [-0.25, -0.2) is 0 Å². The van der Waals surface area contributed by atoms with Gasteiger partial charge in [0.05, 0.1) is 17.3 Å². The van der Waals surface area contributed by atoms with Crippen LogP contribution in [0.5, 0.6) is 0 Å². The molecule has 0 heterocycles. The highest BCUT2D eigenvalue weighted by molar-refractivity contribution is 9.10. The molecule has 64 valence electrons. The van der Waals surface area contributed by atoms with Crippen LogP contribution < -0.4 is 0 Å². The second-order valence-corrected chi connectivity index (χ2v) is 3.33. The Morgan fingerprint density at radius 3 is 2.77 bits per heavy atom. The SMILES string of the molecule is C=Nc1ccc(Br)cc1C(=C)C#N. The molecule has 1 aromatic rings. The lowest BCUT2D eigenvalue weighted by atomic mass is 10.1. The molecule has 0 radical (unpaired) electrons. The van der Waals surface area contributed by atoms with Crippen LogP contribution in [0.25, 0.3) is 5.57 Å². The van der Waals surface area contributed by atoms with Gasteiger partial charge in [-0.15, -0.1) is 0 Å². The molecule has 0 aliphatic heterocycles. The van der Waals surface area contributed by atoms with Gasteiger partial charge in [0, 0.05) is 10.0 Å². The van der Waals surface area contributed by atoms with E-state index in [4.69, 9.17) is 5.26 Å². The normalized spacial score (nSPS) is 8.92. The summed E-state index contributed by atoms with van der Waals surface area (Å²) in [5.74, 6) is 0. The first-order valence-corrected chi connectivity index (χ1v) is 4.34. The van der Waals surface area contributed by atoms with Crippen molar-refractivity contribution in [1.29, 1.82) is 5.26 Å². The van der Waals surface area contributed by atoms with Gasteiger partial charge in [0.2, 0.25) is 0 Å². The third-order valence-electron chi connectivity index (χ3n) is 1.59. The number of halogens is 1. The minimum absolute atomic E-state index is 0.392. The summed E-state index contributed by atoms with van der Waals surface area (Å²) < 4.78 is 0.895. The van der Waals surface area contributed by atoms with Gasteiger partial charge >= 0.3 is 0 Å². The van der Waals surface area contributed by atoms with Gasteiger partial charge in [-0.3, -0.25) is 4.99 Å². The van der Waals surface area contributed by atoms with Crippen molar-refractivity contribution in [3.8, 4) is 6.07 Å². The molecular weight excluding hydrogens is 228 g/mol. The maximum Gasteiger partial charge on any atom is 0.0992 e. The molecule has 0 unspecified atom stereocenters. The first-order chi connectivity index (χ1) is 6.19. The number of nitrogens with zero attached hydrogens (tertiary/aromatic N) is 2. The lowest BCUT2D eigenvalue weighted by Gasteiger charge is -2.02. The number of aliphatic imine (C=N–C) groups is 1. The Bertz CT molecular complexity index is 402. The molecule has 0 atom stereocenters. The highest BCUT2D eigenvalue weighted by Crippen LogP contribution is 2.27. The first kappa shape index (κ1) is 9.69. The van der Waals surface area contributed by atoms with E-state index in [1.165, 1.54) is 0 Å². The van der Waals surface area contributed by atoms with Crippen LogP contribution in [0.15, 0.2) is 34.2 Å². The molecule has 13 heavy (non-hydrogen) atoms. The fourth-order valence-corrected chi connectivity index (χ4v) is 1.31. The molecule has 3 heteroatoms. The van der Waals surface area contributed by atoms with Gasteiger partial charge in [0.15, 0.2) is 0 Å².